The lowest BCUT2D eigenvalue weighted by molar-refractivity contribution is 0.334. The van der Waals surface area contributed by atoms with Crippen molar-refractivity contribution < 1.29 is 4.43 Å². The minimum Gasteiger partial charge on any atom is -0.406 e. The Kier molecular flexibility index (Phi) is 5.57. The Morgan fingerprint density at radius 2 is 1.77 bits per heavy atom. The monoisotopic (exact) mass is 310 g/mol. The van der Waals surface area contributed by atoms with E-state index in [1.54, 1.807) is 0 Å². The van der Waals surface area contributed by atoms with Crippen molar-refractivity contribution in [1.29, 1.82) is 0 Å². The second-order valence-corrected chi connectivity index (χ2v) is 10.1. The molecule has 0 saturated carbocycles. The van der Waals surface area contributed by atoms with Crippen LogP contribution in [0.5, 0.6) is 0 Å². The van der Waals surface area contributed by atoms with Gasteiger partial charge >= 0.3 is 0 Å². The smallest absolute Gasteiger partial charge is 0.193 e. The molecule has 0 fully saturated rings. The fraction of sp³-hybridized carbons (Fsp3) is 0.800. The maximum atomic E-state index is 5.86. The molecule has 0 spiro atoms. The molecule has 1 nitrogen and oxygen atoms in total. The molecule has 0 aromatic carbocycles. The van der Waals surface area contributed by atoms with Crippen molar-refractivity contribution in [2.75, 3.05) is 11.0 Å². The van der Waals surface area contributed by atoms with Crippen LogP contribution in [0.15, 0.2) is 0 Å². The SMILES string of the molecule is CC(C)(C)[Si](C)(C)OCC#CCI. The topological polar surface area (TPSA) is 9.23 Å². The van der Waals surface area contributed by atoms with Crippen LogP contribution in [0.3, 0.4) is 0 Å². The third kappa shape index (κ3) is 5.04. The molecule has 0 unspecified atom stereocenters. The molecule has 0 bridgehead atoms. The molecule has 0 aromatic heterocycles. The molecule has 0 saturated heterocycles. The van der Waals surface area contributed by atoms with Gasteiger partial charge in [-0.1, -0.05) is 55.2 Å². The van der Waals surface area contributed by atoms with Gasteiger partial charge in [-0.15, -0.1) is 0 Å². The second kappa shape index (κ2) is 5.37. The molecule has 0 aliphatic carbocycles. The molecule has 0 aromatic rings. The molecule has 0 aliphatic heterocycles. The van der Waals surface area contributed by atoms with E-state index in [0.29, 0.717) is 11.6 Å². The molecule has 0 rings (SSSR count). The Labute approximate surface area is 96.9 Å². The molecule has 76 valence electrons. The van der Waals surface area contributed by atoms with Gasteiger partial charge in [0.2, 0.25) is 0 Å². The van der Waals surface area contributed by atoms with Crippen LogP contribution < -0.4 is 0 Å². The summed E-state index contributed by atoms with van der Waals surface area (Å²) in [6, 6.07) is 0. The first-order chi connectivity index (χ1) is 5.81. The highest BCUT2D eigenvalue weighted by atomic mass is 127. The van der Waals surface area contributed by atoms with Crippen LogP contribution in [-0.4, -0.2) is 19.4 Å². The molecule has 0 radical (unpaired) electrons. The van der Waals surface area contributed by atoms with Crippen LogP contribution in [0.4, 0.5) is 0 Å². The lowest BCUT2D eigenvalue weighted by atomic mass is 10.2. The van der Waals surface area contributed by atoms with Crippen molar-refractivity contribution in [2.24, 2.45) is 0 Å². The van der Waals surface area contributed by atoms with E-state index in [1.807, 2.05) is 0 Å². The predicted molar refractivity (Wildman–Crippen MR) is 69.8 cm³/mol. The maximum absolute atomic E-state index is 5.86. The zero-order valence-electron chi connectivity index (χ0n) is 9.20. The van der Waals surface area contributed by atoms with Crippen LogP contribution in [0.25, 0.3) is 0 Å². The molecule has 0 N–H and O–H groups in total. The summed E-state index contributed by atoms with van der Waals surface area (Å²) in [5.74, 6) is 6.02. The lowest BCUT2D eigenvalue weighted by Gasteiger charge is -2.35. The number of hydrogen-bond acceptors (Lipinski definition) is 1. The van der Waals surface area contributed by atoms with Crippen molar-refractivity contribution in [3.8, 4) is 11.8 Å². The zero-order valence-corrected chi connectivity index (χ0v) is 12.4. The predicted octanol–water partition coefficient (Wildman–Crippen LogP) is 3.45. The molecule has 13 heavy (non-hydrogen) atoms. The first-order valence-electron chi connectivity index (χ1n) is 4.47. The fourth-order valence-electron chi connectivity index (χ4n) is 0.531. The first kappa shape index (κ1) is 13.5. The van der Waals surface area contributed by atoms with E-state index in [9.17, 15) is 0 Å². The number of hydrogen-bond donors (Lipinski definition) is 0. The first-order valence-corrected chi connectivity index (χ1v) is 8.90. The van der Waals surface area contributed by atoms with E-state index in [0.717, 1.165) is 4.43 Å². The van der Waals surface area contributed by atoms with Crippen LogP contribution >= 0.6 is 22.6 Å². The third-order valence-corrected chi connectivity index (χ3v) is 7.36. The van der Waals surface area contributed by atoms with Crippen molar-refractivity contribution in [2.45, 2.75) is 38.9 Å². The van der Waals surface area contributed by atoms with Gasteiger partial charge < -0.3 is 4.43 Å². The summed E-state index contributed by atoms with van der Waals surface area (Å²) in [7, 11) is -1.56. The largest absolute Gasteiger partial charge is 0.406 e. The van der Waals surface area contributed by atoms with E-state index in [1.165, 1.54) is 0 Å². The minimum absolute atomic E-state index is 0.291. The Morgan fingerprint density at radius 3 is 2.15 bits per heavy atom. The Balaban J connectivity index is 4.04. The molecular weight excluding hydrogens is 291 g/mol. The Bertz CT molecular complexity index is 207. The highest BCUT2D eigenvalue weighted by molar-refractivity contribution is 14.1. The lowest BCUT2D eigenvalue weighted by Crippen LogP contribution is -2.40. The van der Waals surface area contributed by atoms with Crippen LogP contribution in [0.2, 0.25) is 18.1 Å². The van der Waals surface area contributed by atoms with Gasteiger partial charge in [0.05, 0.1) is 11.0 Å². The Morgan fingerprint density at radius 1 is 1.23 bits per heavy atom. The average molecular weight is 310 g/mol. The average Bonchev–Trinajstić information content (AvgIpc) is 1.96. The minimum atomic E-state index is -1.56. The highest BCUT2D eigenvalue weighted by Crippen LogP contribution is 2.36. The fourth-order valence-corrected chi connectivity index (χ4v) is 1.67. The molecule has 0 heterocycles. The molecule has 0 atom stereocenters. The van der Waals surface area contributed by atoms with Gasteiger partial charge in [0.15, 0.2) is 8.32 Å². The van der Waals surface area contributed by atoms with Crippen molar-refractivity contribution >= 4 is 30.9 Å². The van der Waals surface area contributed by atoms with Crippen LogP contribution in [0, 0.1) is 11.8 Å². The number of rotatable bonds is 2. The van der Waals surface area contributed by atoms with Gasteiger partial charge in [-0.2, -0.15) is 0 Å². The van der Waals surface area contributed by atoms with Gasteiger partial charge in [0.1, 0.15) is 0 Å². The van der Waals surface area contributed by atoms with E-state index in [-0.39, 0.29) is 0 Å². The summed E-state index contributed by atoms with van der Waals surface area (Å²) in [5.41, 5.74) is 0. The summed E-state index contributed by atoms with van der Waals surface area (Å²) in [4.78, 5) is 0. The molecular formula is C10H19IOSi. The van der Waals surface area contributed by atoms with E-state index in [4.69, 9.17) is 4.43 Å². The van der Waals surface area contributed by atoms with Gasteiger partial charge in [0.25, 0.3) is 0 Å². The maximum Gasteiger partial charge on any atom is 0.193 e. The van der Waals surface area contributed by atoms with E-state index in [2.05, 4.69) is 68.3 Å². The summed E-state index contributed by atoms with van der Waals surface area (Å²) in [6.45, 7) is 11.8. The molecule has 3 heteroatoms. The number of halogens is 1. The summed E-state index contributed by atoms with van der Waals surface area (Å²) in [6.07, 6.45) is 0. The zero-order chi connectivity index (χ0) is 10.5. The second-order valence-electron chi connectivity index (χ2n) is 4.54. The van der Waals surface area contributed by atoms with E-state index < -0.39 is 8.32 Å². The van der Waals surface area contributed by atoms with E-state index >= 15 is 0 Å². The summed E-state index contributed by atoms with van der Waals surface area (Å²) >= 11 is 2.25. The van der Waals surface area contributed by atoms with Crippen molar-refractivity contribution in [1.82, 2.24) is 0 Å². The van der Waals surface area contributed by atoms with Crippen molar-refractivity contribution in [3.05, 3.63) is 0 Å². The van der Waals surface area contributed by atoms with Crippen molar-refractivity contribution in [3.63, 3.8) is 0 Å². The Hall–Kier alpha value is 0.467. The van der Waals surface area contributed by atoms with Gasteiger partial charge in [-0.3, -0.25) is 0 Å². The van der Waals surface area contributed by atoms with Crippen LogP contribution in [0.1, 0.15) is 20.8 Å². The highest BCUT2D eigenvalue weighted by Gasteiger charge is 2.36. The van der Waals surface area contributed by atoms with Gasteiger partial charge in [-0.25, -0.2) is 0 Å². The quantitative estimate of drug-likeness (QED) is 0.328. The van der Waals surface area contributed by atoms with Gasteiger partial charge in [0, 0.05) is 0 Å². The summed E-state index contributed by atoms with van der Waals surface area (Å²) < 4.78 is 6.75. The molecule has 0 amide bonds. The van der Waals surface area contributed by atoms with Gasteiger partial charge in [-0.05, 0) is 18.1 Å². The normalized spacial score (nSPS) is 12.2. The molecule has 0 aliphatic rings. The number of alkyl halides is 1. The standard InChI is InChI=1S/C10H19IOSi/c1-10(2,3)13(4,5)12-9-7-6-8-11/h8-9H2,1-5H3. The summed E-state index contributed by atoms with van der Waals surface area (Å²) in [5, 5.41) is 0.291. The van der Waals surface area contributed by atoms with Crippen LogP contribution in [-0.2, 0) is 4.43 Å². The third-order valence-electron chi connectivity index (χ3n) is 2.50.